The molecule has 2 aromatic rings. The number of pyridine rings is 1. The van der Waals surface area contributed by atoms with Gasteiger partial charge in [-0.15, -0.1) is 0 Å². The van der Waals surface area contributed by atoms with Gasteiger partial charge in [-0.1, -0.05) is 6.92 Å². The largest absolute Gasteiger partial charge is 0.419 e. The number of sulfone groups is 1. The lowest BCUT2D eigenvalue weighted by molar-refractivity contribution is -0.140. The summed E-state index contributed by atoms with van der Waals surface area (Å²) in [5, 5.41) is 2.32. The second kappa shape index (κ2) is 9.66. The van der Waals surface area contributed by atoms with Crippen molar-refractivity contribution < 1.29 is 40.0 Å². The first-order chi connectivity index (χ1) is 17.2. The predicted molar refractivity (Wildman–Crippen MR) is 121 cm³/mol. The third-order valence-corrected chi connectivity index (χ3v) is 7.54. The number of rotatable bonds is 6. The molecule has 37 heavy (non-hydrogen) atoms. The minimum absolute atomic E-state index is 0.0110. The Morgan fingerprint density at radius 3 is 2.41 bits per heavy atom. The van der Waals surface area contributed by atoms with Crippen molar-refractivity contribution >= 4 is 21.7 Å². The summed E-state index contributed by atoms with van der Waals surface area (Å²) in [6.45, 7) is 2.00. The van der Waals surface area contributed by atoms with E-state index in [-0.39, 0.29) is 41.5 Å². The van der Waals surface area contributed by atoms with Crippen molar-refractivity contribution in [2.75, 3.05) is 12.8 Å². The van der Waals surface area contributed by atoms with Gasteiger partial charge in [0.1, 0.15) is 17.7 Å². The second-order valence-corrected chi connectivity index (χ2v) is 11.6. The van der Waals surface area contributed by atoms with Gasteiger partial charge in [0, 0.05) is 30.1 Å². The average Bonchev–Trinajstić information content (AvgIpc) is 3.57. The van der Waals surface area contributed by atoms with E-state index >= 15 is 0 Å². The van der Waals surface area contributed by atoms with E-state index in [4.69, 9.17) is 0 Å². The van der Waals surface area contributed by atoms with E-state index < -0.39 is 62.7 Å². The van der Waals surface area contributed by atoms with Crippen LogP contribution in [0.25, 0.3) is 0 Å². The molecule has 2 aliphatic rings. The number of carbonyl (C=O) groups is 2. The zero-order valence-corrected chi connectivity index (χ0v) is 20.7. The van der Waals surface area contributed by atoms with Crippen molar-refractivity contribution in [3.8, 4) is 0 Å². The maximum absolute atomic E-state index is 14.7. The number of amides is 2. The highest BCUT2D eigenvalue weighted by Crippen LogP contribution is 2.43. The Morgan fingerprint density at radius 1 is 1.14 bits per heavy atom. The molecule has 1 saturated carbocycles. The zero-order valence-electron chi connectivity index (χ0n) is 19.9. The fraction of sp³-hybridized carbons (Fsp3) is 0.458. The summed E-state index contributed by atoms with van der Waals surface area (Å²) in [5.41, 5.74) is -2.11. The maximum Gasteiger partial charge on any atom is 0.419 e. The van der Waals surface area contributed by atoms with Crippen LogP contribution in [0.3, 0.4) is 0 Å². The first-order valence-electron chi connectivity index (χ1n) is 11.5. The Kier molecular flexibility index (Phi) is 7.04. The standard InChI is InChI=1S/C24H24F5N3O4S/c1-12-7-19(32(11-12)23(34)14-5-6-30-20(8-14)37(2,35)36)22(33)31-21(13-3-4-13)15-9-18(26)16(10-17(15)25)24(27,28)29/h5-6,8-10,12-13,19,21H,3-4,7,11H2,1-2H3,(H,31,33)/t12-,19-,21-/m1/s1. The number of hydrogen-bond donors (Lipinski definition) is 1. The molecule has 1 aliphatic heterocycles. The average molecular weight is 546 g/mol. The highest BCUT2D eigenvalue weighted by Gasteiger charge is 2.43. The molecule has 3 atom stereocenters. The summed E-state index contributed by atoms with van der Waals surface area (Å²) in [6, 6.07) is 0.912. The lowest BCUT2D eigenvalue weighted by atomic mass is 9.98. The number of benzene rings is 1. The fourth-order valence-corrected chi connectivity index (χ4v) is 5.17. The monoisotopic (exact) mass is 545 g/mol. The molecular weight excluding hydrogens is 521 g/mol. The van der Waals surface area contributed by atoms with Gasteiger partial charge in [0.2, 0.25) is 5.91 Å². The third-order valence-electron chi connectivity index (χ3n) is 6.55. The first-order valence-corrected chi connectivity index (χ1v) is 13.4. The zero-order chi connectivity index (χ0) is 27.3. The third kappa shape index (κ3) is 5.76. The van der Waals surface area contributed by atoms with Crippen LogP contribution in [0.15, 0.2) is 35.5 Å². The summed E-state index contributed by atoms with van der Waals surface area (Å²) in [7, 11) is -3.69. The normalized spacial score (nSPS) is 21.1. The van der Waals surface area contributed by atoms with Gasteiger partial charge in [-0.2, -0.15) is 13.2 Å². The first kappa shape index (κ1) is 27.0. The molecule has 1 aromatic carbocycles. The van der Waals surface area contributed by atoms with Gasteiger partial charge >= 0.3 is 6.18 Å². The molecule has 2 heterocycles. The minimum Gasteiger partial charge on any atom is -0.347 e. The lowest BCUT2D eigenvalue weighted by Crippen LogP contribution is -2.47. The number of halogens is 5. The quantitative estimate of drug-likeness (QED) is 0.556. The number of aromatic nitrogens is 1. The molecule has 1 aromatic heterocycles. The molecule has 1 saturated heterocycles. The Labute approximate surface area is 210 Å². The van der Waals surface area contributed by atoms with Gasteiger partial charge in [-0.25, -0.2) is 22.2 Å². The van der Waals surface area contributed by atoms with Crippen LogP contribution < -0.4 is 5.32 Å². The number of nitrogens with zero attached hydrogens (tertiary/aromatic N) is 2. The van der Waals surface area contributed by atoms with E-state index in [0.29, 0.717) is 18.9 Å². The van der Waals surface area contributed by atoms with Gasteiger partial charge in [0.25, 0.3) is 5.91 Å². The minimum atomic E-state index is -5.08. The summed E-state index contributed by atoms with van der Waals surface area (Å²) in [5.74, 6) is -4.60. The summed E-state index contributed by atoms with van der Waals surface area (Å²) < 4.78 is 91.6. The second-order valence-electron chi connectivity index (χ2n) is 9.64. The number of hydrogen-bond acceptors (Lipinski definition) is 5. The smallest absolute Gasteiger partial charge is 0.347 e. The molecule has 0 unspecified atom stereocenters. The lowest BCUT2D eigenvalue weighted by Gasteiger charge is -2.27. The highest BCUT2D eigenvalue weighted by molar-refractivity contribution is 7.90. The van der Waals surface area contributed by atoms with Crippen molar-refractivity contribution in [1.29, 1.82) is 0 Å². The van der Waals surface area contributed by atoms with Crippen LogP contribution in [-0.4, -0.2) is 49.0 Å². The van der Waals surface area contributed by atoms with E-state index in [1.165, 1.54) is 17.2 Å². The van der Waals surface area contributed by atoms with Crippen molar-refractivity contribution in [2.24, 2.45) is 11.8 Å². The molecule has 0 radical (unpaired) electrons. The molecular formula is C24H24F5N3O4S. The summed E-state index contributed by atoms with van der Waals surface area (Å²) in [6.07, 6.45) is -1.60. The Hall–Kier alpha value is -3.09. The number of nitrogens with one attached hydrogen (secondary N) is 1. The van der Waals surface area contributed by atoms with Gasteiger partial charge in [-0.05, 0) is 55.4 Å². The molecule has 7 nitrogen and oxygen atoms in total. The Balaban J connectivity index is 1.59. The van der Waals surface area contributed by atoms with Crippen LogP contribution >= 0.6 is 0 Å². The van der Waals surface area contributed by atoms with Crippen LogP contribution in [-0.2, 0) is 20.8 Å². The molecule has 1 aliphatic carbocycles. The van der Waals surface area contributed by atoms with Gasteiger partial charge in [-0.3, -0.25) is 9.59 Å². The van der Waals surface area contributed by atoms with Crippen LogP contribution in [0.4, 0.5) is 22.0 Å². The van der Waals surface area contributed by atoms with Crippen molar-refractivity contribution in [2.45, 2.75) is 49.5 Å². The van der Waals surface area contributed by atoms with Crippen molar-refractivity contribution in [3.63, 3.8) is 0 Å². The van der Waals surface area contributed by atoms with Crippen LogP contribution in [0.2, 0.25) is 0 Å². The number of carbonyl (C=O) groups excluding carboxylic acids is 2. The Bertz CT molecular complexity index is 1340. The van der Waals surface area contributed by atoms with Crippen molar-refractivity contribution in [3.05, 3.63) is 58.8 Å². The Morgan fingerprint density at radius 2 is 1.81 bits per heavy atom. The molecule has 2 amide bonds. The molecule has 2 fully saturated rings. The van der Waals surface area contributed by atoms with E-state index in [1.54, 1.807) is 0 Å². The van der Waals surface area contributed by atoms with E-state index in [2.05, 4.69) is 10.3 Å². The molecule has 13 heteroatoms. The molecule has 200 valence electrons. The summed E-state index contributed by atoms with van der Waals surface area (Å²) in [4.78, 5) is 31.5. The topological polar surface area (TPSA) is 96.4 Å². The summed E-state index contributed by atoms with van der Waals surface area (Å²) >= 11 is 0. The maximum atomic E-state index is 14.7. The SMILES string of the molecule is C[C@@H]1C[C@H](C(=O)N[C@@H](c2cc(F)c(C(F)(F)F)cc2F)C2CC2)N(C(=O)c2ccnc(S(C)(=O)=O)c2)C1. The molecule has 4 rings (SSSR count). The van der Waals surface area contributed by atoms with Gasteiger partial charge in [0.05, 0.1) is 11.6 Å². The van der Waals surface area contributed by atoms with Crippen LogP contribution in [0.5, 0.6) is 0 Å². The predicted octanol–water partition coefficient (Wildman–Crippen LogP) is 3.90. The van der Waals surface area contributed by atoms with Gasteiger partial charge in [0.15, 0.2) is 14.9 Å². The van der Waals surface area contributed by atoms with Crippen molar-refractivity contribution in [1.82, 2.24) is 15.2 Å². The van der Waals surface area contributed by atoms with Crippen LogP contribution in [0, 0.1) is 23.5 Å². The van der Waals surface area contributed by atoms with E-state index in [0.717, 1.165) is 12.3 Å². The highest BCUT2D eigenvalue weighted by atomic mass is 32.2. The number of alkyl halides is 3. The van der Waals surface area contributed by atoms with E-state index in [1.807, 2.05) is 6.92 Å². The molecule has 0 spiro atoms. The fourth-order valence-electron chi connectivity index (χ4n) is 4.58. The van der Waals surface area contributed by atoms with Gasteiger partial charge < -0.3 is 10.2 Å². The van der Waals surface area contributed by atoms with Crippen LogP contribution in [0.1, 0.15) is 53.7 Å². The van der Waals surface area contributed by atoms with E-state index in [9.17, 15) is 40.0 Å². The number of likely N-dealkylation sites (tertiary alicyclic amines) is 1. The molecule has 0 bridgehead atoms. The molecule has 1 N–H and O–H groups in total.